The molecule has 0 bridgehead atoms. The van der Waals surface area contributed by atoms with Crippen LogP contribution in [0.1, 0.15) is 60.6 Å². The van der Waals surface area contributed by atoms with E-state index in [1.807, 2.05) is 0 Å². The topological polar surface area (TPSA) is 72.9 Å². The van der Waals surface area contributed by atoms with Crippen molar-refractivity contribution in [3.63, 3.8) is 0 Å². The SMILES string of the molecule is COc1cc(F)c(C(C)C)cc1-c1ccc(S(C)(=O)=O)cc1CN1C(=O)OC(c2cc(C(F)(F)F)cc(C(F)(F)F)c2)C1C. The lowest BCUT2D eigenvalue weighted by molar-refractivity contribution is -0.143. The summed E-state index contributed by atoms with van der Waals surface area (Å²) in [5.74, 6) is -0.672. The van der Waals surface area contributed by atoms with Crippen LogP contribution in [0.25, 0.3) is 11.1 Å². The van der Waals surface area contributed by atoms with Crippen molar-refractivity contribution in [2.45, 2.75) is 62.6 Å². The van der Waals surface area contributed by atoms with Crippen molar-refractivity contribution >= 4 is 15.9 Å². The van der Waals surface area contributed by atoms with Crippen LogP contribution in [-0.4, -0.2) is 38.8 Å². The minimum atomic E-state index is -5.11. The zero-order valence-electron chi connectivity index (χ0n) is 24.1. The van der Waals surface area contributed by atoms with Gasteiger partial charge in [-0.3, -0.25) is 4.90 Å². The van der Waals surface area contributed by atoms with Gasteiger partial charge < -0.3 is 9.47 Å². The van der Waals surface area contributed by atoms with Gasteiger partial charge >= 0.3 is 18.4 Å². The van der Waals surface area contributed by atoms with Gasteiger partial charge in [0.15, 0.2) is 9.84 Å². The number of amides is 1. The number of hydrogen-bond acceptors (Lipinski definition) is 5. The lowest BCUT2D eigenvalue weighted by Gasteiger charge is -2.24. The van der Waals surface area contributed by atoms with Gasteiger partial charge in [0.25, 0.3) is 0 Å². The van der Waals surface area contributed by atoms with E-state index in [1.54, 1.807) is 13.8 Å². The number of ether oxygens (including phenoxy) is 2. The number of carbonyl (C=O) groups excluding carboxylic acids is 1. The zero-order valence-corrected chi connectivity index (χ0v) is 24.9. The first-order valence-electron chi connectivity index (χ1n) is 13.2. The highest BCUT2D eigenvalue weighted by Gasteiger charge is 2.43. The van der Waals surface area contributed by atoms with Crippen molar-refractivity contribution in [3.05, 3.63) is 82.2 Å². The minimum Gasteiger partial charge on any atom is -0.496 e. The summed E-state index contributed by atoms with van der Waals surface area (Å²) in [7, 11) is -2.45. The van der Waals surface area contributed by atoms with Gasteiger partial charge in [-0.25, -0.2) is 17.6 Å². The van der Waals surface area contributed by atoms with Crippen LogP contribution < -0.4 is 4.74 Å². The average molecular weight is 648 g/mol. The molecular weight excluding hydrogens is 619 g/mol. The third kappa shape index (κ3) is 6.64. The van der Waals surface area contributed by atoms with Crippen LogP contribution >= 0.6 is 0 Å². The third-order valence-electron chi connectivity index (χ3n) is 7.41. The van der Waals surface area contributed by atoms with Crippen LogP contribution in [0.2, 0.25) is 0 Å². The van der Waals surface area contributed by atoms with Crippen LogP contribution in [0.5, 0.6) is 5.75 Å². The molecule has 0 aliphatic carbocycles. The third-order valence-corrected chi connectivity index (χ3v) is 8.52. The molecule has 1 fully saturated rings. The molecule has 1 saturated heterocycles. The number of nitrogens with zero attached hydrogens (tertiary/aromatic N) is 1. The second-order valence-electron chi connectivity index (χ2n) is 10.8. The summed E-state index contributed by atoms with van der Waals surface area (Å²) in [4.78, 5) is 14.0. The predicted molar refractivity (Wildman–Crippen MR) is 146 cm³/mol. The Morgan fingerprint density at radius 3 is 2.02 bits per heavy atom. The first kappa shape index (κ1) is 33.1. The summed E-state index contributed by atoms with van der Waals surface area (Å²) < 4.78 is 131. The number of benzene rings is 3. The second-order valence-corrected chi connectivity index (χ2v) is 12.8. The molecule has 2 unspecified atom stereocenters. The van der Waals surface area contributed by atoms with Gasteiger partial charge in [-0.2, -0.15) is 26.3 Å². The Morgan fingerprint density at radius 2 is 1.52 bits per heavy atom. The van der Waals surface area contributed by atoms with Crippen LogP contribution in [-0.2, 0) is 33.5 Å². The molecular formula is C30H28F7NO5S. The largest absolute Gasteiger partial charge is 0.496 e. The maximum Gasteiger partial charge on any atom is 0.416 e. The number of hydrogen-bond donors (Lipinski definition) is 0. The van der Waals surface area contributed by atoms with Crippen molar-refractivity contribution in [2.24, 2.45) is 0 Å². The van der Waals surface area contributed by atoms with Crippen molar-refractivity contribution in [1.29, 1.82) is 0 Å². The number of rotatable bonds is 7. The molecule has 1 aliphatic heterocycles. The molecule has 1 aliphatic rings. The smallest absolute Gasteiger partial charge is 0.416 e. The van der Waals surface area contributed by atoms with Gasteiger partial charge in [0, 0.05) is 17.9 Å². The molecule has 0 N–H and O–H groups in total. The molecule has 1 heterocycles. The molecule has 4 rings (SSSR count). The van der Waals surface area contributed by atoms with Gasteiger partial charge in [0.05, 0.1) is 35.7 Å². The van der Waals surface area contributed by atoms with Crippen molar-refractivity contribution in [1.82, 2.24) is 4.90 Å². The number of alkyl halides is 6. The van der Waals surface area contributed by atoms with E-state index in [0.717, 1.165) is 11.2 Å². The first-order valence-corrected chi connectivity index (χ1v) is 15.1. The molecule has 14 heteroatoms. The first-order chi connectivity index (χ1) is 20.2. The Hall–Kier alpha value is -3.81. The monoisotopic (exact) mass is 647 g/mol. The number of carbonyl (C=O) groups is 1. The summed E-state index contributed by atoms with van der Waals surface area (Å²) in [6, 6.07) is 6.68. The molecule has 0 saturated carbocycles. The van der Waals surface area contributed by atoms with E-state index >= 15 is 0 Å². The van der Waals surface area contributed by atoms with Crippen molar-refractivity contribution < 1.29 is 53.4 Å². The number of sulfone groups is 1. The standard InChI is InChI=1S/C30H28F7NO5S/c1-15(2)23-12-24(26(42-4)13-25(23)31)22-7-6-21(44(5,40)41)10-18(22)14-38-16(3)27(43-28(38)39)17-8-19(29(32,33)34)11-20(9-17)30(35,36)37/h6-13,15-16,27H,14H2,1-5H3. The number of cyclic esters (lactones) is 1. The van der Waals surface area contributed by atoms with E-state index in [1.165, 1.54) is 44.4 Å². The fourth-order valence-electron chi connectivity index (χ4n) is 5.07. The van der Waals surface area contributed by atoms with Gasteiger partial charge in [-0.1, -0.05) is 19.9 Å². The Balaban J connectivity index is 1.82. The molecule has 44 heavy (non-hydrogen) atoms. The molecule has 0 radical (unpaired) electrons. The maximum atomic E-state index is 14.8. The molecule has 3 aromatic rings. The Morgan fingerprint density at radius 1 is 0.932 bits per heavy atom. The molecule has 238 valence electrons. The average Bonchev–Trinajstić information content (AvgIpc) is 3.19. The van der Waals surface area contributed by atoms with Crippen molar-refractivity contribution in [3.8, 4) is 16.9 Å². The van der Waals surface area contributed by atoms with E-state index < -0.39 is 62.9 Å². The summed E-state index contributed by atoms with van der Waals surface area (Å²) in [6.45, 7) is 4.57. The molecule has 6 nitrogen and oxygen atoms in total. The maximum absolute atomic E-state index is 14.8. The van der Waals surface area contributed by atoms with E-state index in [4.69, 9.17) is 9.47 Å². The van der Waals surface area contributed by atoms with Crippen LogP contribution in [0.15, 0.2) is 53.4 Å². The highest BCUT2D eigenvalue weighted by molar-refractivity contribution is 7.90. The van der Waals surface area contributed by atoms with E-state index in [-0.39, 0.29) is 34.7 Å². The van der Waals surface area contributed by atoms with Crippen LogP contribution in [0.3, 0.4) is 0 Å². The second kappa shape index (κ2) is 11.6. The normalized spacial score (nSPS) is 17.8. The Kier molecular flexibility index (Phi) is 8.73. The highest BCUT2D eigenvalue weighted by Crippen LogP contribution is 2.43. The molecule has 0 aromatic heterocycles. The number of halogens is 7. The molecule has 0 spiro atoms. The quantitative estimate of drug-likeness (QED) is 0.242. The lowest BCUT2D eigenvalue weighted by atomic mass is 9.93. The fraction of sp³-hybridized carbons (Fsp3) is 0.367. The molecule has 2 atom stereocenters. The number of methoxy groups -OCH3 is 1. The minimum absolute atomic E-state index is 0.0207. The van der Waals surface area contributed by atoms with Crippen LogP contribution in [0.4, 0.5) is 35.5 Å². The summed E-state index contributed by atoms with van der Waals surface area (Å²) in [5.41, 5.74) is -2.33. The van der Waals surface area contributed by atoms with E-state index in [2.05, 4.69) is 0 Å². The lowest BCUT2D eigenvalue weighted by Crippen LogP contribution is -2.31. The van der Waals surface area contributed by atoms with Gasteiger partial charge in [0.1, 0.15) is 17.7 Å². The molecule has 3 aromatic carbocycles. The highest BCUT2D eigenvalue weighted by atomic mass is 32.2. The zero-order chi connectivity index (χ0) is 32.9. The molecule has 1 amide bonds. The summed E-state index contributed by atoms with van der Waals surface area (Å²) >= 11 is 0. The van der Waals surface area contributed by atoms with Crippen molar-refractivity contribution in [2.75, 3.05) is 13.4 Å². The van der Waals surface area contributed by atoms with E-state index in [0.29, 0.717) is 28.8 Å². The van der Waals surface area contributed by atoms with Crippen LogP contribution in [0, 0.1) is 5.82 Å². The van der Waals surface area contributed by atoms with Gasteiger partial charge in [-0.05, 0) is 71.5 Å². The van der Waals surface area contributed by atoms with E-state index in [9.17, 15) is 43.9 Å². The fourth-order valence-corrected chi connectivity index (χ4v) is 5.75. The Labute approximate surface area is 249 Å². The summed E-state index contributed by atoms with van der Waals surface area (Å²) in [5, 5.41) is 0. The van der Waals surface area contributed by atoms with Gasteiger partial charge in [-0.15, -0.1) is 0 Å². The Bertz CT molecular complexity index is 1670. The predicted octanol–water partition coefficient (Wildman–Crippen LogP) is 8.15. The van der Waals surface area contributed by atoms with Gasteiger partial charge in [0.2, 0.25) is 0 Å². The summed E-state index contributed by atoms with van der Waals surface area (Å²) in [6.07, 6.45) is -11.8.